The van der Waals surface area contributed by atoms with E-state index in [2.05, 4.69) is 23.1 Å². The van der Waals surface area contributed by atoms with Crippen LogP contribution in [0.4, 0.5) is 0 Å². The molecular formula is C7H7NS2Si. The van der Waals surface area contributed by atoms with Gasteiger partial charge in [0.1, 0.15) is 8.67 Å². The van der Waals surface area contributed by atoms with E-state index in [4.69, 9.17) is 0 Å². The molecule has 0 bridgehead atoms. The summed E-state index contributed by atoms with van der Waals surface area (Å²) in [4.78, 5) is 4.44. The molecule has 0 fully saturated rings. The van der Waals surface area contributed by atoms with Gasteiger partial charge in [-0.05, 0) is 12.1 Å². The summed E-state index contributed by atoms with van der Waals surface area (Å²) in [6, 6.07) is 8.22. The average molecular weight is 197 g/mol. The number of para-hydroxylation sites is 1. The van der Waals surface area contributed by atoms with Crippen LogP contribution < -0.4 is 4.63 Å². The lowest BCUT2D eigenvalue weighted by Gasteiger charge is -1.80. The lowest BCUT2D eigenvalue weighted by molar-refractivity contribution is 1.55. The van der Waals surface area contributed by atoms with E-state index in [1.807, 2.05) is 18.2 Å². The van der Waals surface area contributed by atoms with Crippen LogP contribution in [0.3, 0.4) is 0 Å². The fourth-order valence-corrected chi connectivity index (χ4v) is 3.51. The van der Waals surface area contributed by atoms with E-state index in [1.54, 1.807) is 11.3 Å². The Morgan fingerprint density at radius 3 is 2.91 bits per heavy atom. The Hall–Kier alpha value is -0.323. The Bertz CT molecular complexity index is 338. The van der Waals surface area contributed by atoms with Crippen LogP contribution in [0.1, 0.15) is 0 Å². The minimum Gasteiger partial charge on any atom is -0.246 e. The second-order valence-corrected chi connectivity index (χ2v) is 5.80. The summed E-state index contributed by atoms with van der Waals surface area (Å²) in [5.74, 6) is 0. The number of fused-ring (bicyclic) bond motifs is 1. The van der Waals surface area contributed by atoms with E-state index in [9.17, 15) is 0 Å². The van der Waals surface area contributed by atoms with E-state index < -0.39 is 0 Å². The first kappa shape index (κ1) is 7.33. The van der Waals surface area contributed by atoms with Crippen molar-refractivity contribution in [3.8, 4) is 0 Å². The molecule has 56 valence electrons. The molecule has 0 atom stereocenters. The van der Waals surface area contributed by atoms with Gasteiger partial charge in [-0.25, -0.2) is 17.1 Å². The molecule has 0 saturated heterocycles. The molecule has 0 saturated carbocycles. The monoisotopic (exact) mass is 197 g/mol. The second kappa shape index (κ2) is 2.96. The largest absolute Gasteiger partial charge is 0.246 e. The SMILES string of the molecule is S[SiH2]c1nc2ccccc2s1. The normalized spacial score (nSPS) is 11.7. The third kappa shape index (κ3) is 1.33. The number of thiazole rings is 1. The van der Waals surface area contributed by atoms with Crippen molar-refractivity contribution in [1.82, 2.24) is 4.98 Å². The smallest absolute Gasteiger partial charge is 0.149 e. The zero-order valence-corrected chi connectivity index (χ0v) is 8.94. The predicted octanol–water partition coefficient (Wildman–Crippen LogP) is 0.935. The molecule has 4 heteroatoms. The Kier molecular flexibility index (Phi) is 1.98. The van der Waals surface area contributed by atoms with Crippen LogP contribution >= 0.6 is 23.4 Å². The van der Waals surface area contributed by atoms with E-state index in [1.165, 1.54) is 9.33 Å². The van der Waals surface area contributed by atoms with Gasteiger partial charge in [0.25, 0.3) is 0 Å². The summed E-state index contributed by atoms with van der Waals surface area (Å²) in [6.07, 6.45) is 0. The first-order valence-corrected chi connectivity index (χ1v) is 7.41. The molecule has 2 rings (SSSR count). The topological polar surface area (TPSA) is 12.9 Å². The summed E-state index contributed by atoms with van der Waals surface area (Å²) in [6.45, 7) is 0. The summed E-state index contributed by atoms with van der Waals surface area (Å²) in [5, 5.41) is 0. The molecule has 1 nitrogen and oxygen atoms in total. The lowest BCUT2D eigenvalue weighted by Crippen LogP contribution is -2.05. The molecule has 0 amide bonds. The van der Waals surface area contributed by atoms with Crippen molar-refractivity contribution in [2.24, 2.45) is 0 Å². The van der Waals surface area contributed by atoms with Crippen molar-refractivity contribution < 1.29 is 0 Å². The molecular weight excluding hydrogens is 190 g/mol. The van der Waals surface area contributed by atoms with Crippen molar-refractivity contribution in [1.29, 1.82) is 0 Å². The molecule has 2 aromatic rings. The van der Waals surface area contributed by atoms with Gasteiger partial charge >= 0.3 is 0 Å². The van der Waals surface area contributed by atoms with Crippen LogP contribution in [0.2, 0.25) is 0 Å². The average Bonchev–Trinajstić information content (AvgIpc) is 2.46. The number of thiol groups is 1. The van der Waals surface area contributed by atoms with Crippen LogP contribution in [0, 0.1) is 0 Å². The van der Waals surface area contributed by atoms with Gasteiger partial charge in [0.05, 0.1) is 14.8 Å². The third-order valence-corrected chi connectivity index (χ3v) is 5.20. The minimum atomic E-state index is -0.366. The molecule has 0 aliphatic carbocycles. The first-order valence-electron chi connectivity index (χ1n) is 3.35. The number of rotatable bonds is 1. The Morgan fingerprint density at radius 1 is 1.36 bits per heavy atom. The van der Waals surface area contributed by atoms with Gasteiger partial charge in [0.15, 0.2) is 0 Å². The molecule has 0 unspecified atom stereocenters. The zero-order valence-electron chi connectivity index (χ0n) is 5.82. The fourth-order valence-electron chi connectivity index (χ4n) is 0.988. The second-order valence-electron chi connectivity index (χ2n) is 2.23. The zero-order chi connectivity index (χ0) is 7.68. The molecule has 1 heterocycles. The quantitative estimate of drug-likeness (QED) is 0.530. The van der Waals surface area contributed by atoms with Crippen LogP contribution in [-0.2, 0) is 0 Å². The highest BCUT2D eigenvalue weighted by Crippen LogP contribution is 2.14. The van der Waals surface area contributed by atoms with Crippen molar-refractivity contribution in [2.45, 2.75) is 0 Å². The number of nitrogens with zero attached hydrogens (tertiary/aromatic N) is 1. The van der Waals surface area contributed by atoms with Gasteiger partial charge in [-0.15, -0.1) is 11.3 Å². The summed E-state index contributed by atoms with van der Waals surface area (Å²) in [5.41, 5.74) is 1.12. The van der Waals surface area contributed by atoms with E-state index in [0.717, 1.165) is 5.52 Å². The van der Waals surface area contributed by atoms with E-state index >= 15 is 0 Å². The molecule has 0 aliphatic rings. The van der Waals surface area contributed by atoms with Gasteiger partial charge in [0, 0.05) is 0 Å². The highest BCUT2D eigenvalue weighted by Gasteiger charge is 1.99. The summed E-state index contributed by atoms with van der Waals surface area (Å²) >= 11 is 6.08. The Morgan fingerprint density at radius 2 is 2.18 bits per heavy atom. The van der Waals surface area contributed by atoms with Crippen LogP contribution in [-0.4, -0.2) is 13.7 Å². The molecule has 1 aromatic heterocycles. The number of hydrogen-bond acceptors (Lipinski definition) is 3. The van der Waals surface area contributed by atoms with E-state index in [-0.39, 0.29) is 8.67 Å². The first-order chi connectivity index (χ1) is 5.40. The van der Waals surface area contributed by atoms with Gasteiger partial charge in [-0.3, -0.25) is 0 Å². The number of aromatic nitrogens is 1. The van der Waals surface area contributed by atoms with Gasteiger partial charge in [0.2, 0.25) is 0 Å². The van der Waals surface area contributed by atoms with Crippen LogP contribution in [0.15, 0.2) is 24.3 Å². The lowest BCUT2D eigenvalue weighted by atomic mass is 10.3. The Balaban J connectivity index is 2.69. The molecule has 0 spiro atoms. The van der Waals surface area contributed by atoms with Crippen molar-refractivity contribution >= 4 is 46.9 Å². The Labute approximate surface area is 76.3 Å². The molecule has 0 radical (unpaired) electrons. The van der Waals surface area contributed by atoms with Crippen molar-refractivity contribution in [3.63, 3.8) is 0 Å². The van der Waals surface area contributed by atoms with E-state index in [0.29, 0.717) is 0 Å². The maximum absolute atomic E-state index is 4.44. The summed E-state index contributed by atoms with van der Waals surface area (Å²) < 4.78 is 2.51. The van der Waals surface area contributed by atoms with Crippen molar-refractivity contribution in [2.75, 3.05) is 0 Å². The molecule has 0 N–H and O–H groups in total. The number of benzene rings is 1. The maximum atomic E-state index is 4.44. The maximum Gasteiger partial charge on any atom is 0.149 e. The van der Waals surface area contributed by atoms with Gasteiger partial charge in [-0.2, -0.15) is 0 Å². The highest BCUT2D eigenvalue weighted by molar-refractivity contribution is 8.08. The standard InChI is InChI=1S/C7H7NS2Si/c9-11-7-8-5-3-1-2-4-6(5)10-7/h1-4,9H,11H2. The van der Waals surface area contributed by atoms with Gasteiger partial charge < -0.3 is 0 Å². The molecule has 1 aromatic carbocycles. The van der Waals surface area contributed by atoms with Crippen LogP contribution in [0.5, 0.6) is 0 Å². The highest BCUT2D eigenvalue weighted by atomic mass is 32.3. The van der Waals surface area contributed by atoms with Gasteiger partial charge in [-0.1, -0.05) is 12.1 Å². The molecule has 0 aliphatic heterocycles. The molecule has 11 heavy (non-hydrogen) atoms. The predicted molar refractivity (Wildman–Crippen MR) is 56.8 cm³/mol. The van der Waals surface area contributed by atoms with Crippen molar-refractivity contribution in [3.05, 3.63) is 24.3 Å². The fraction of sp³-hybridized carbons (Fsp3) is 0. The third-order valence-electron chi connectivity index (χ3n) is 1.47. The minimum absolute atomic E-state index is 0.366. The summed E-state index contributed by atoms with van der Waals surface area (Å²) in [7, 11) is -0.366. The number of hydrogen-bond donors (Lipinski definition) is 1. The van der Waals surface area contributed by atoms with Crippen LogP contribution in [0.25, 0.3) is 10.2 Å².